The monoisotopic (exact) mass is 574 g/mol. The second-order valence-corrected chi connectivity index (χ2v) is 9.45. The number of hydrogen-bond donors (Lipinski definition) is 0. The van der Waals surface area contributed by atoms with Gasteiger partial charge in [-0.2, -0.15) is 0 Å². The lowest BCUT2D eigenvalue weighted by Gasteiger charge is -2.33. The number of amides is 1. The molecule has 0 saturated carbocycles. The fourth-order valence-electron chi connectivity index (χ4n) is 3.98. The van der Waals surface area contributed by atoms with Crippen molar-refractivity contribution in [2.45, 2.75) is 33.2 Å². The number of nitrogens with zero attached hydrogens (tertiary/aromatic N) is 2. The van der Waals surface area contributed by atoms with Gasteiger partial charge in [0.05, 0.1) is 28.4 Å². The topological polar surface area (TPSA) is 60.8 Å². The van der Waals surface area contributed by atoms with Crippen molar-refractivity contribution in [3.05, 3.63) is 109 Å². The molecule has 0 spiro atoms. The molecule has 1 aromatic heterocycles. The Bertz CT molecular complexity index is 1340. The van der Waals surface area contributed by atoms with E-state index in [4.69, 9.17) is 21.1 Å². The van der Waals surface area contributed by atoms with Gasteiger partial charge in [0, 0.05) is 19.6 Å². The Morgan fingerprint density at radius 2 is 1.86 bits per heavy atom. The van der Waals surface area contributed by atoms with E-state index in [0.717, 1.165) is 5.56 Å². The van der Waals surface area contributed by atoms with Gasteiger partial charge in [0.1, 0.15) is 12.4 Å². The maximum atomic E-state index is 13.7. The molecule has 1 amide bonds. The van der Waals surface area contributed by atoms with Crippen LogP contribution in [0, 0.1) is 5.82 Å². The molecule has 2 heterocycles. The molecule has 188 valence electrons. The predicted octanol–water partition coefficient (Wildman–Crippen LogP) is 5.73. The van der Waals surface area contributed by atoms with Crippen LogP contribution in [-0.4, -0.2) is 28.5 Å². The quantitative estimate of drug-likeness (QED) is 0.242. The summed E-state index contributed by atoms with van der Waals surface area (Å²) in [6.07, 6.45) is 3.74. The summed E-state index contributed by atoms with van der Waals surface area (Å²) >= 11 is 9.36. The van der Waals surface area contributed by atoms with Crippen molar-refractivity contribution in [1.82, 2.24) is 9.47 Å². The molecule has 4 rings (SSSR count). The van der Waals surface area contributed by atoms with Crippen molar-refractivity contribution < 1.29 is 18.7 Å². The molecular formula is C27H25BrClFN2O4. The van der Waals surface area contributed by atoms with Gasteiger partial charge in [-0.15, -0.1) is 0 Å². The molecule has 3 aromatic rings. The average molecular weight is 576 g/mol. The predicted molar refractivity (Wildman–Crippen MR) is 140 cm³/mol. The number of aromatic nitrogens is 1. The molecule has 2 aromatic carbocycles. The Morgan fingerprint density at radius 1 is 1.08 bits per heavy atom. The van der Waals surface area contributed by atoms with Crippen LogP contribution >= 0.6 is 27.5 Å². The molecule has 36 heavy (non-hydrogen) atoms. The fourth-order valence-corrected chi connectivity index (χ4v) is 4.69. The van der Waals surface area contributed by atoms with Gasteiger partial charge in [-0.3, -0.25) is 9.59 Å². The largest absolute Gasteiger partial charge is 0.483 e. The van der Waals surface area contributed by atoms with E-state index in [1.165, 1.54) is 12.1 Å². The first-order valence-corrected chi connectivity index (χ1v) is 12.6. The number of carbonyl (C=O) groups excluding carboxylic acids is 1. The Hall–Kier alpha value is -2.94. The highest BCUT2D eigenvalue weighted by Crippen LogP contribution is 2.29. The van der Waals surface area contributed by atoms with Gasteiger partial charge in [0.15, 0.2) is 11.4 Å². The Balaban J connectivity index is 1.71. The molecule has 0 unspecified atom stereocenters. The van der Waals surface area contributed by atoms with E-state index in [1.54, 1.807) is 15.5 Å². The summed E-state index contributed by atoms with van der Waals surface area (Å²) in [5.41, 5.74) is 1.88. The third kappa shape index (κ3) is 5.72. The van der Waals surface area contributed by atoms with Crippen LogP contribution in [0.4, 0.5) is 4.39 Å². The minimum absolute atomic E-state index is 0.00930. The molecule has 0 N–H and O–H groups in total. The second-order valence-electron chi connectivity index (χ2n) is 8.25. The molecule has 1 aliphatic heterocycles. The fraction of sp³-hybridized carbons (Fsp3) is 0.259. The number of halogens is 3. The number of fused-ring (bicyclic) bond motifs is 1. The normalized spacial score (nSPS) is 13.3. The van der Waals surface area contributed by atoms with Crippen molar-refractivity contribution in [3.8, 4) is 5.75 Å². The molecule has 0 saturated heterocycles. The van der Waals surface area contributed by atoms with Crippen LogP contribution in [0.1, 0.15) is 34.2 Å². The summed E-state index contributed by atoms with van der Waals surface area (Å²) < 4.78 is 27.4. The minimum atomic E-state index is -0.522. The van der Waals surface area contributed by atoms with E-state index in [2.05, 4.69) is 15.9 Å². The molecule has 0 atom stereocenters. The number of pyridine rings is 1. The SMILES string of the molecule is C/C=C/COCc1c(Br)c(=O)c(OCc2ccccc2)c2n1CCN(Cc1ccc(F)c(Cl)c1)C2=O. The van der Waals surface area contributed by atoms with Crippen molar-refractivity contribution in [3.63, 3.8) is 0 Å². The van der Waals surface area contributed by atoms with E-state index >= 15 is 0 Å². The lowest BCUT2D eigenvalue weighted by atomic mass is 10.1. The maximum Gasteiger partial charge on any atom is 0.274 e. The van der Waals surface area contributed by atoms with Gasteiger partial charge >= 0.3 is 0 Å². The van der Waals surface area contributed by atoms with E-state index in [-0.39, 0.29) is 42.1 Å². The highest BCUT2D eigenvalue weighted by molar-refractivity contribution is 9.10. The number of rotatable bonds is 9. The third-order valence-corrected chi connectivity index (χ3v) is 6.93. The Morgan fingerprint density at radius 3 is 2.58 bits per heavy atom. The van der Waals surface area contributed by atoms with Gasteiger partial charge in [-0.25, -0.2) is 4.39 Å². The second kappa shape index (κ2) is 11.9. The number of carbonyl (C=O) groups is 1. The molecule has 6 nitrogen and oxygen atoms in total. The van der Waals surface area contributed by atoms with Gasteiger partial charge < -0.3 is 18.9 Å². The summed E-state index contributed by atoms with van der Waals surface area (Å²) in [5.74, 6) is -0.898. The molecule has 0 fully saturated rings. The van der Waals surface area contributed by atoms with Gasteiger partial charge in [0.2, 0.25) is 5.43 Å². The van der Waals surface area contributed by atoms with Gasteiger partial charge in [-0.05, 0) is 46.1 Å². The van der Waals surface area contributed by atoms with Gasteiger partial charge in [0.25, 0.3) is 5.91 Å². The van der Waals surface area contributed by atoms with Crippen LogP contribution in [-0.2, 0) is 31.0 Å². The summed E-state index contributed by atoms with van der Waals surface area (Å²) in [6.45, 7) is 3.58. The van der Waals surface area contributed by atoms with Crippen LogP contribution < -0.4 is 10.2 Å². The Labute approximate surface area is 222 Å². The zero-order chi connectivity index (χ0) is 25.7. The maximum absolute atomic E-state index is 13.7. The van der Waals surface area contributed by atoms with Crippen LogP contribution in [0.5, 0.6) is 5.75 Å². The molecule has 9 heteroatoms. The lowest BCUT2D eigenvalue weighted by molar-refractivity contribution is 0.0669. The Kier molecular flexibility index (Phi) is 8.61. The summed E-state index contributed by atoms with van der Waals surface area (Å²) in [5, 5.41) is -0.00930. The molecule has 0 radical (unpaired) electrons. The molecule has 1 aliphatic rings. The van der Waals surface area contributed by atoms with Crippen LogP contribution in [0.25, 0.3) is 0 Å². The van der Waals surface area contributed by atoms with Crippen molar-refractivity contribution in [2.75, 3.05) is 13.2 Å². The lowest BCUT2D eigenvalue weighted by Crippen LogP contribution is -2.43. The molecule has 0 aliphatic carbocycles. The zero-order valence-corrected chi connectivity index (χ0v) is 22.0. The summed E-state index contributed by atoms with van der Waals surface area (Å²) in [7, 11) is 0. The first-order chi connectivity index (χ1) is 17.4. The number of hydrogen-bond acceptors (Lipinski definition) is 4. The standard InChI is InChI=1S/C27H25BrClFN2O4/c1-2-3-13-35-17-22-23(28)25(33)26(36-16-18-7-5-4-6-8-18)24-27(34)31(11-12-32(22)24)15-19-9-10-21(30)20(29)14-19/h2-10,14H,11-13,15-17H2,1H3/b3-2+. The van der Waals surface area contributed by atoms with E-state index in [0.29, 0.717) is 35.4 Å². The van der Waals surface area contributed by atoms with Crippen LogP contribution in [0.2, 0.25) is 5.02 Å². The first kappa shape index (κ1) is 26.1. The van der Waals surface area contributed by atoms with Gasteiger partial charge in [-0.1, -0.05) is 60.2 Å². The minimum Gasteiger partial charge on any atom is -0.483 e. The van der Waals surface area contributed by atoms with Crippen LogP contribution in [0.3, 0.4) is 0 Å². The molecular weight excluding hydrogens is 551 g/mol. The van der Waals surface area contributed by atoms with Crippen molar-refractivity contribution in [1.29, 1.82) is 0 Å². The molecule has 0 bridgehead atoms. The van der Waals surface area contributed by atoms with E-state index in [1.807, 2.05) is 49.4 Å². The first-order valence-electron chi connectivity index (χ1n) is 11.4. The van der Waals surface area contributed by atoms with E-state index < -0.39 is 11.2 Å². The summed E-state index contributed by atoms with van der Waals surface area (Å²) in [4.78, 5) is 28.7. The number of allylic oxidation sites excluding steroid dienone is 1. The van der Waals surface area contributed by atoms with Crippen molar-refractivity contribution >= 4 is 33.4 Å². The van der Waals surface area contributed by atoms with E-state index in [9.17, 15) is 14.0 Å². The third-order valence-electron chi connectivity index (χ3n) is 5.83. The van der Waals surface area contributed by atoms with Crippen LogP contribution in [0.15, 0.2) is 70.0 Å². The number of ether oxygens (including phenoxy) is 2. The number of benzene rings is 2. The van der Waals surface area contributed by atoms with Crippen molar-refractivity contribution in [2.24, 2.45) is 0 Å². The average Bonchev–Trinajstić information content (AvgIpc) is 2.88. The highest BCUT2D eigenvalue weighted by atomic mass is 79.9. The highest BCUT2D eigenvalue weighted by Gasteiger charge is 2.33. The summed E-state index contributed by atoms with van der Waals surface area (Å²) in [6, 6.07) is 13.8. The zero-order valence-electron chi connectivity index (χ0n) is 19.7. The smallest absolute Gasteiger partial charge is 0.274 e.